The maximum absolute atomic E-state index is 11.7. The van der Waals surface area contributed by atoms with Gasteiger partial charge in [-0.15, -0.1) is 5.10 Å². The number of nitrogens with zero attached hydrogens (tertiary/aromatic N) is 3. The number of carbonyl (C=O) groups excluding carboxylic acids is 1. The van der Waals surface area contributed by atoms with E-state index in [0.717, 1.165) is 5.56 Å². The monoisotopic (exact) mass is 283 g/mol. The molecule has 21 heavy (non-hydrogen) atoms. The first-order chi connectivity index (χ1) is 10.2. The van der Waals surface area contributed by atoms with Crippen LogP contribution in [0.5, 0.6) is 6.01 Å². The predicted molar refractivity (Wildman–Crippen MR) is 76.4 cm³/mol. The number of amides is 1. The molecule has 0 spiro atoms. The molecule has 0 unspecified atom stereocenters. The van der Waals surface area contributed by atoms with Gasteiger partial charge in [0, 0.05) is 6.08 Å². The van der Waals surface area contributed by atoms with Gasteiger partial charge in [-0.05, 0) is 30.7 Å². The fourth-order valence-corrected chi connectivity index (χ4v) is 1.50. The van der Waals surface area contributed by atoms with Crippen LogP contribution in [0.25, 0.3) is 6.08 Å². The van der Waals surface area contributed by atoms with Gasteiger partial charge in [0.1, 0.15) is 0 Å². The van der Waals surface area contributed by atoms with Crippen molar-refractivity contribution < 1.29 is 9.53 Å². The number of rotatable bonds is 5. The van der Waals surface area contributed by atoms with Crippen molar-refractivity contribution in [3.8, 4) is 12.1 Å². The lowest BCUT2D eigenvalue weighted by atomic mass is 10.1. The first-order valence-electron chi connectivity index (χ1n) is 6.25. The molecule has 1 aromatic heterocycles. The molecule has 7 nitrogen and oxygen atoms in total. The minimum absolute atomic E-state index is 0.184. The Hall–Kier alpha value is -3.14. The molecule has 0 atom stereocenters. The third-order valence-electron chi connectivity index (χ3n) is 2.45. The van der Waals surface area contributed by atoms with Gasteiger partial charge in [0.15, 0.2) is 0 Å². The topological polar surface area (TPSA) is 104 Å². The molecule has 1 aromatic carbocycles. The van der Waals surface area contributed by atoms with Gasteiger partial charge >= 0.3 is 6.01 Å². The summed E-state index contributed by atoms with van der Waals surface area (Å²) in [6, 6.07) is 9.09. The minimum Gasteiger partial charge on any atom is -0.463 e. The Bertz CT molecular complexity index is 682. The van der Waals surface area contributed by atoms with Gasteiger partial charge in [-0.1, -0.05) is 12.1 Å². The highest BCUT2D eigenvalue weighted by molar-refractivity contribution is 6.00. The van der Waals surface area contributed by atoms with E-state index >= 15 is 0 Å². The molecule has 106 valence electrons. The van der Waals surface area contributed by atoms with Gasteiger partial charge in [0.25, 0.3) is 5.91 Å². The number of hydrogen-bond donors (Lipinski definition) is 2. The zero-order valence-electron chi connectivity index (χ0n) is 11.3. The molecule has 0 aliphatic rings. The Morgan fingerprint density at radius 3 is 2.90 bits per heavy atom. The van der Waals surface area contributed by atoms with Crippen molar-refractivity contribution in [2.24, 2.45) is 0 Å². The molecule has 1 amide bonds. The van der Waals surface area contributed by atoms with Crippen LogP contribution in [0.4, 0.5) is 5.95 Å². The number of carbonyl (C=O) groups is 1. The summed E-state index contributed by atoms with van der Waals surface area (Å²) in [5.41, 5.74) is 1.39. The Balaban J connectivity index is 1.93. The highest BCUT2D eigenvalue weighted by Gasteiger charge is 2.05. The van der Waals surface area contributed by atoms with Crippen LogP contribution in [-0.2, 0) is 4.79 Å². The van der Waals surface area contributed by atoms with Crippen LogP contribution in [0.3, 0.4) is 0 Å². The van der Waals surface area contributed by atoms with Crippen LogP contribution in [0.2, 0.25) is 0 Å². The lowest BCUT2D eigenvalue weighted by Crippen LogP contribution is -2.09. The van der Waals surface area contributed by atoms with E-state index in [9.17, 15) is 4.79 Å². The number of benzene rings is 1. The molecule has 7 heteroatoms. The van der Waals surface area contributed by atoms with Crippen molar-refractivity contribution >= 4 is 17.9 Å². The molecule has 0 aliphatic heterocycles. The average Bonchev–Trinajstić information content (AvgIpc) is 2.93. The largest absolute Gasteiger partial charge is 0.463 e. The van der Waals surface area contributed by atoms with Crippen molar-refractivity contribution in [1.82, 2.24) is 15.2 Å². The Morgan fingerprint density at radius 1 is 1.48 bits per heavy atom. The number of anilines is 1. The van der Waals surface area contributed by atoms with Crippen LogP contribution in [-0.4, -0.2) is 27.7 Å². The molecule has 0 radical (unpaired) electrons. The van der Waals surface area contributed by atoms with Crippen molar-refractivity contribution in [3.63, 3.8) is 0 Å². The molecule has 0 saturated heterocycles. The van der Waals surface area contributed by atoms with Crippen molar-refractivity contribution in [2.75, 3.05) is 11.9 Å². The summed E-state index contributed by atoms with van der Waals surface area (Å²) < 4.78 is 5.07. The van der Waals surface area contributed by atoms with E-state index in [1.165, 1.54) is 6.08 Å². The Labute approximate surface area is 121 Å². The second kappa shape index (κ2) is 6.86. The smallest absolute Gasteiger partial charge is 0.337 e. The van der Waals surface area contributed by atoms with Crippen molar-refractivity contribution in [2.45, 2.75) is 6.92 Å². The standard InChI is InChI=1S/C14H13N5O2/c1-2-21-14-17-13(18-19-14)16-12(20)8-7-10-3-5-11(9-15)6-4-10/h3-8H,2H2,1H3,(H2,16,17,18,19,20)/b8-7+. The summed E-state index contributed by atoms with van der Waals surface area (Å²) in [4.78, 5) is 15.6. The van der Waals surface area contributed by atoms with E-state index in [1.807, 2.05) is 13.0 Å². The molecular weight excluding hydrogens is 270 g/mol. The van der Waals surface area contributed by atoms with Crippen LogP contribution >= 0.6 is 0 Å². The summed E-state index contributed by atoms with van der Waals surface area (Å²) in [5, 5.41) is 17.5. The molecule has 0 saturated carbocycles. The van der Waals surface area contributed by atoms with Gasteiger partial charge in [-0.2, -0.15) is 10.2 Å². The van der Waals surface area contributed by atoms with Gasteiger partial charge in [0.05, 0.1) is 18.2 Å². The van der Waals surface area contributed by atoms with Crippen LogP contribution in [0, 0.1) is 11.3 Å². The SMILES string of the molecule is CCOc1n[nH]c(NC(=O)/C=C/c2ccc(C#N)cc2)n1. The summed E-state index contributed by atoms with van der Waals surface area (Å²) >= 11 is 0. The van der Waals surface area contributed by atoms with Gasteiger partial charge in [0.2, 0.25) is 5.95 Å². The fourth-order valence-electron chi connectivity index (χ4n) is 1.50. The molecule has 0 bridgehead atoms. The number of ether oxygens (including phenoxy) is 1. The summed E-state index contributed by atoms with van der Waals surface area (Å²) in [6.07, 6.45) is 3.00. The molecule has 0 fully saturated rings. The molecule has 2 N–H and O–H groups in total. The van der Waals surface area contributed by atoms with Gasteiger partial charge in [-0.3, -0.25) is 10.1 Å². The normalized spacial score (nSPS) is 10.3. The number of nitrogens with one attached hydrogen (secondary N) is 2. The van der Waals surface area contributed by atoms with E-state index in [0.29, 0.717) is 12.2 Å². The van der Waals surface area contributed by atoms with E-state index in [2.05, 4.69) is 20.5 Å². The highest BCUT2D eigenvalue weighted by Crippen LogP contribution is 2.07. The van der Waals surface area contributed by atoms with Crippen LogP contribution < -0.4 is 10.1 Å². The van der Waals surface area contributed by atoms with Crippen molar-refractivity contribution in [1.29, 1.82) is 5.26 Å². The summed E-state index contributed by atoms with van der Waals surface area (Å²) in [7, 11) is 0. The first-order valence-corrected chi connectivity index (χ1v) is 6.25. The number of H-pyrrole nitrogens is 1. The number of nitriles is 1. The quantitative estimate of drug-likeness (QED) is 0.813. The third-order valence-corrected chi connectivity index (χ3v) is 2.45. The van der Waals surface area contributed by atoms with Crippen LogP contribution in [0.15, 0.2) is 30.3 Å². The minimum atomic E-state index is -0.349. The zero-order chi connectivity index (χ0) is 15.1. The Morgan fingerprint density at radius 2 is 2.24 bits per heavy atom. The molecule has 2 rings (SSSR count). The molecular formula is C14H13N5O2. The zero-order valence-corrected chi connectivity index (χ0v) is 11.3. The molecule has 0 aliphatic carbocycles. The maximum atomic E-state index is 11.7. The average molecular weight is 283 g/mol. The first kappa shape index (κ1) is 14.3. The fraction of sp³-hybridized carbons (Fsp3) is 0.143. The predicted octanol–water partition coefficient (Wildman–Crippen LogP) is 1.73. The third kappa shape index (κ3) is 4.18. The number of hydrogen-bond acceptors (Lipinski definition) is 5. The summed E-state index contributed by atoms with van der Waals surface area (Å²) in [5.74, 6) is -0.133. The molecule has 2 aromatic rings. The van der Waals surface area contributed by atoms with Crippen LogP contribution in [0.1, 0.15) is 18.1 Å². The van der Waals surface area contributed by atoms with E-state index in [-0.39, 0.29) is 17.9 Å². The highest BCUT2D eigenvalue weighted by atomic mass is 16.5. The lowest BCUT2D eigenvalue weighted by molar-refractivity contribution is -0.111. The number of aromatic nitrogens is 3. The molecule has 1 heterocycles. The van der Waals surface area contributed by atoms with E-state index in [4.69, 9.17) is 10.00 Å². The Kier molecular flexibility index (Phi) is 4.66. The van der Waals surface area contributed by atoms with Gasteiger partial charge < -0.3 is 4.74 Å². The lowest BCUT2D eigenvalue weighted by Gasteiger charge is -1.96. The van der Waals surface area contributed by atoms with E-state index in [1.54, 1.807) is 30.3 Å². The van der Waals surface area contributed by atoms with Gasteiger partial charge in [-0.25, -0.2) is 5.10 Å². The maximum Gasteiger partial charge on any atom is 0.337 e. The van der Waals surface area contributed by atoms with E-state index < -0.39 is 0 Å². The summed E-state index contributed by atoms with van der Waals surface area (Å²) in [6.45, 7) is 2.26. The van der Waals surface area contributed by atoms with Crippen molar-refractivity contribution in [3.05, 3.63) is 41.5 Å². The second-order valence-electron chi connectivity index (χ2n) is 3.96. The number of aromatic amines is 1. The second-order valence-corrected chi connectivity index (χ2v) is 3.96.